The molecule has 0 aromatic heterocycles. The van der Waals surface area contributed by atoms with Crippen LogP contribution in [0.25, 0.3) is 0 Å². The van der Waals surface area contributed by atoms with Crippen molar-refractivity contribution in [3.05, 3.63) is 95.3 Å². The Balaban J connectivity index is 1.58. The van der Waals surface area contributed by atoms with Gasteiger partial charge in [0, 0.05) is 11.1 Å². The van der Waals surface area contributed by atoms with Crippen molar-refractivity contribution in [3.63, 3.8) is 0 Å². The number of carbonyl (C=O) groups is 3. The third-order valence-corrected chi connectivity index (χ3v) is 6.93. The number of para-hydroxylation sites is 2. The Labute approximate surface area is 200 Å². The third-order valence-electron chi connectivity index (χ3n) is 6.58. The molecule has 0 aliphatic carbocycles. The normalized spacial score (nSPS) is 23.9. The molecular weight excluding hydrogens is 457 g/mol. The Kier molecular flexibility index (Phi) is 5.57. The van der Waals surface area contributed by atoms with Crippen molar-refractivity contribution < 1.29 is 18.8 Å². The second kappa shape index (κ2) is 8.57. The van der Waals surface area contributed by atoms with Crippen LogP contribution in [0.3, 0.4) is 0 Å². The quantitative estimate of drug-likeness (QED) is 0.523. The molecule has 2 aliphatic rings. The Hall–Kier alpha value is -3.71. The molecule has 2 saturated heterocycles. The van der Waals surface area contributed by atoms with Gasteiger partial charge in [-0.1, -0.05) is 60.1 Å². The van der Waals surface area contributed by atoms with Gasteiger partial charge >= 0.3 is 6.03 Å². The van der Waals surface area contributed by atoms with Gasteiger partial charge in [-0.3, -0.25) is 9.59 Å². The number of anilines is 2. The van der Waals surface area contributed by atoms with Crippen molar-refractivity contribution >= 4 is 40.8 Å². The van der Waals surface area contributed by atoms with Crippen LogP contribution in [0, 0.1) is 17.7 Å². The molecule has 34 heavy (non-hydrogen) atoms. The molecule has 2 aliphatic heterocycles. The van der Waals surface area contributed by atoms with Gasteiger partial charge in [-0.25, -0.2) is 14.1 Å². The number of fused-ring (bicyclic) bond motifs is 1. The third kappa shape index (κ3) is 3.44. The SMILES string of the molecule is CC1C2C(=O)N(c3ccccc3)C(=O)C2C(c2ccccc2Cl)N1C(=O)Nc1ccccc1F. The maximum atomic E-state index is 14.2. The highest BCUT2D eigenvalue weighted by Gasteiger charge is 2.62. The highest BCUT2D eigenvalue weighted by Crippen LogP contribution is 2.52. The highest BCUT2D eigenvalue weighted by molar-refractivity contribution is 6.31. The van der Waals surface area contributed by atoms with Gasteiger partial charge in [-0.05, 0) is 42.8 Å². The van der Waals surface area contributed by atoms with Crippen LogP contribution < -0.4 is 10.2 Å². The number of nitrogens with zero attached hydrogens (tertiary/aromatic N) is 2. The summed E-state index contributed by atoms with van der Waals surface area (Å²) in [7, 11) is 0. The van der Waals surface area contributed by atoms with Crippen LogP contribution in [0.4, 0.5) is 20.6 Å². The van der Waals surface area contributed by atoms with Gasteiger partial charge in [0.15, 0.2) is 0 Å². The number of nitrogens with one attached hydrogen (secondary N) is 1. The summed E-state index contributed by atoms with van der Waals surface area (Å²) in [6.07, 6.45) is 0. The molecule has 3 aromatic rings. The van der Waals surface area contributed by atoms with E-state index in [0.29, 0.717) is 16.3 Å². The van der Waals surface area contributed by atoms with Crippen LogP contribution in [0.1, 0.15) is 18.5 Å². The molecular formula is C26H21ClFN3O3. The number of amides is 4. The summed E-state index contributed by atoms with van der Waals surface area (Å²) >= 11 is 6.51. The lowest BCUT2D eigenvalue weighted by molar-refractivity contribution is -0.123. The predicted molar refractivity (Wildman–Crippen MR) is 127 cm³/mol. The van der Waals surface area contributed by atoms with E-state index in [1.54, 1.807) is 67.6 Å². The number of imide groups is 1. The standard InChI is InChI=1S/C26H21ClFN3O3/c1-15-21-22(25(33)31(24(21)32)16-9-3-2-4-10-16)23(17-11-5-6-12-18(17)27)30(15)26(34)29-20-14-8-7-13-19(20)28/h2-15,21-23H,1H3,(H,29,34). The average molecular weight is 478 g/mol. The monoisotopic (exact) mass is 477 g/mol. The molecule has 0 radical (unpaired) electrons. The summed E-state index contributed by atoms with van der Waals surface area (Å²) in [5.41, 5.74) is 1.06. The summed E-state index contributed by atoms with van der Waals surface area (Å²) in [5, 5.41) is 2.97. The Bertz CT molecular complexity index is 1290. The van der Waals surface area contributed by atoms with E-state index < -0.39 is 35.8 Å². The van der Waals surface area contributed by atoms with Gasteiger partial charge in [0.1, 0.15) is 5.82 Å². The lowest BCUT2D eigenvalue weighted by atomic mass is 9.87. The fourth-order valence-electron chi connectivity index (χ4n) is 5.09. The van der Waals surface area contributed by atoms with E-state index in [0.717, 1.165) is 0 Å². The van der Waals surface area contributed by atoms with Crippen LogP contribution in [0.15, 0.2) is 78.9 Å². The number of carbonyl (C=O) groups excluding carboxylic acids is 3. The first-order chi connectivity index (χ1) is 16.4. The first kappa shape index (κ1) is 22.1. The number of hydrogen-bond donors (Lipinski definition) is 1. The summed E-state index contributed by atoms with van der Waals surface area (Å²) in [4.78, 5) is 43.2. The van der Waals surface area contributed by atoms with E-state index >= 15 is 0 Å². The molecule has 0 spiro atoms. The minimum atomic E-state index is -0.825. The fourth-order valence-corrected chi connectivity index (χ4v) is 5.34. The van der Waals surface area contributed by atoms with E-state index in [4.69, 9.17) is 11.6 Å². The zero-order valence-corrected chi connectivity index (χ0v) is 18.9. The minimum absolute atomic E-state index is 0.0123. The molecule has 172 valence electrons. The predicted octanol–water partition coefficient (Wildman–Crippen LogP) is 5.26. The Morgan fingerprint density at radius 2 is 1.50 bits per heavy atom. The van der Waals surface area contributed by atoms with Gasteiger partial charge in [0.25, 0.3) is 0 Å². The largest absolute Gasteiger partial charge is 0.322 e. The molecule has 4 atom stereocenters. The number of likely N-dealkylation sites (tertiary alicyclic amines) is 1. The van der Waals surface area contributed by atoms with Crippen LogP contribution in [-0.4, -0.2) is 28.8 Å². The topological polar surface area (TPSA) is 69.7 Å². The molecule has 1 N–H and O–H groups in total. The van der Waals surface area contributed by atoms with Gasteiger partial charge in [-0.15, -0.1) is 0 Å². The van der Waals surface area contributed by atoms with E-state index in [9.17, 15) is 18.8 Å². The van der Waals surface area contributed by atoms with Crippen LogP contribution >= 0.6 is 11.6 Å². The second-order valence-corrected chi connectivity index (χ2v) is 8.83. The molecule has 0 bridgehead atoms. The Morgan fingerprint density at radius 1 is 0.882 bits per heavy atom. The van der Waals surface area contributed by atoms with Crippen molar-refractivity contribution in [2.24, 2.45) is 11.8 Å². The molecule has 5 rings (SSSR count). The number of benzene rings is 3. The van der Waals surface area contributed by atoms with E-state index in [2.05, 4.69) is 5.32 Å². The molecule has 0 saturated carbocycles. The fraction of sp³-hybridized carbons (Fsp3) is 0.192. The molecule has 2 heterocycles. The maximum Gasteiger partial charge on any atom is 0.322 e. The first-order valence-corrected chi connectivity index (χ1v) is 11.3. The van der Waals surface area contributed by atoms with Crippen LogP contribution in [0.2, 0.25) is 5.02 Å². The lowest BCUT2D eigenvalue weighted by Gasteiger charge is -2.32. The van der Waals surface area contributed by atoms with E-state index in [-0.39, 0.29) is 17.5 Å². The number of halogens is 2. The van der Waals surface area contributed by atoms with Crippen molar-refractivity contribution in [3.8, 4) is 0 Å². The summed E-state index contributed by atoms with van der Waals surface area (Å²) in [6.45, 7) is 1.73. The molecule has 8 heteroatoms. The van der Waals surface area contributed by atoms with Crippen molar-refractivity contribution in [2.75, 3.05) is 10.2 Å². The summed E-state index contributed by atoms with van der Waals surface area (Å²) < 4.78 is 14.2. The molecule has 4 unspecified atom stereocenters. The van der Waals surface area contributed by atoms with Crippen molar-refractivity contribution in [2.45, 2.75) is 19.0 Å². The molecule has 2 fully saturated rings. The maximum absolute atomic E-state index is 14.2. The van der Waals surface area contributed by atoms with Crippen LogP contribution in [-0.2, 0) is 9.59 Å². The molecule has 3 aromatic carbocycles. The Morgan fingerprint density at radius 3 is 2.21 bits per heavy atom. The van der Waals surface area contributed by atoms with Crippen LogP contribution in [0.5, 0.6) is 0 Å². The lowest BCUT2D eigenvalue weighted by Crippen LogP contribution is -2.45. The molecule has 6 nitrogen and oxygen atoms in total. The minimum Gasteiger partial charge on any atom is -0.313 e. The highest BCUT2D eigenvalue weighted by atomic mass is 35.5. The number of hydrogen-bond acceptors (Lipinski definition) is 3. The first-order valence-electron chi connectivity index (χ1n) is 10.9. The van der Waals surface area contributed by atoms with Gasteiger partial charge in [0.2, 0.25) is 11.8 Å². The van der Waals surface area contributed by atoms with Crippen molar-refractivity contribution in [1.82, 2.24) is 4.90 Å². The van der Waals surface area contributed by atoms with Crippen molar-refractivity contribution in [1.29, 1.82) is 0 Å². The number of rotatable bonds is 3. The van der Waals surface area contributed by atoms with E-state index in [1.165, 1.54) is 28.0 Å². The summed E-state index contributed by atoms with van der Waals surface area (Å²) in [6, 6.07) is 19.5. The smallest absolute Gasteiger partial charge is 0.313 e. The molecule has 4 amide bonds. The number of urea groups is 1. The van der Waals surface area contributed by atoms with E-state index in [1.807, 2.05) is 0 Å². The average Bonchev–Trinajstić information content (AvgIpc) is 3.28. The van der Waals surface area contributed by atoms with Gasteiger partial charge in [-0.2, -0.15) is 0 Å². The van der Waals surface area contributed by atoms with Gasteiger partial charge < -0.3 is 10.2 Å². The second-order valence-electron chi connectivity index (χ2n) is 8.42. The zero-order valence-electron chi connectivity index (χ0n) is 18.2. The zero-order chi connectivity index (χ0) is 24.0. The van der Waals surface area contributed by atoms with Gasteiger partial charge in [0.05, 0.1) is 29.3 Å². The summed E-state index contributed by atoms with van der Waals surface area (Å²) in [5.74, 6) is -2.93.